The van der Waals surface area contributed by atoms with Gasteiger partial charge in [-0.05, 0) is 30.0 Å². The SMILES string of the molecule is CCC(C)c1nc(N(C)Cc2ccc(Br)cc2)sc1C=O. The van der Waals surface area contributed by atoms with Crippen LogP contribution in [0.25, 0.3) is 0 Å². The molecule has 2 rings (SSSR count). The second-order valence-corrected chi connectivity index (χ2v) is 7.08. The summed E-state index contributed by atoms with van der Waals surface area (Å²) >= 11 is 4.91. The molecule has 0 saturated heterocycles. The molecule has 112 valence electrons. The van der Waals surface area contributed by atoms with E-state index in [2.05, 4.69) is 51.8 Å². The van der Waals surface area contributed by atoms with Gasteiger partial charge in [0.1, 0.15) is 0 Å². The second-order valence-electron chi connectivity index (χ2n) is 5.16. The van der Waals surface area contributed by atoms with Crippen LogP contribution in [-0.2, 0) is 6.54 Å². The lowest BCUT2D eigenvalue weighted by atomic mass is 10.0. The van der Waals surface area contributed by atoms with Gasteiger partial charge >= 0.3 is 0 Å². The van der Waals surface area contributed by atoms with Crippen LogP contribution in [-0.4, -0.2) is 18.3 Å². The largest absolute Gasteiger partial charge is 0.347 e. The Balaban J connectivity index is 2.19. The molecule has 0 aliphatic carbocycles. The molecule has 1 heterocycles. The molecule has 1 aromatic carbocycles. The summed E-state index contributed by atoms with van der Waals surface area (Å²) in [7, 11) is 2.01. The Morgan fingerprint density at radius 2 is 2.05 bits per heavy atom. The fourth-order valence-electron chi connectivity index (χ4n) is 2.06. The summed E-state index contributed by atoms with van der Waals surface area (Å²) in [6.07, 6.45) is 1.91. The number of aromatic nitrogens is 1. The summed E-state index contributed by atoms with van der Waals surface area (Å²) in [5, 5.41) is 0.898. The number of halogens is 1. The summed E-state index contributed by atoms with van der Waals surface area (Å²) in [6, 6.07) is 8.24. The van der Waals surface area contributed by atoms with Crippen molar-refractivity contribution < 1.29 is 4.79 Å². The fourth-order valence-corrected chi connectivity index (χ4v) is 3.28. The molecule has 0 spiro atoms. The van der Waals surface area contributed by atoms with Crippen LogP contribution in [0.4, 0.5) is 5.13 Å². The average molecular weight is 367 g/mol. The molecular weight excluding hydrogens is 348 g/mol. The molecule has 1 unspecified atom stereocenters. The van der Waals surface area contributed by atoms with Gasteiger partial charge in [-0.2, -0.15) is 0 Å². The van der Waals surface area contributed by atoms with Gasteiger partial charge in [0.05, 0.1) is 10.6 Å². The normalized spacial score (nSPS) is 12.2. The van der Waals surface area contributed by atoms with E-state index in [0.717, 1.165) is 39.4 Å². The minimum absolute atomic E-state index is 0.316. The molecule has 0 saturated carbocycles. The third-order valence-electron chi connectivity index (χ3n) is 3.52. The van der Waals surface area contributed by atoms with Gasteiger partial charge in [0.2, 0.25) is 0 Å². The predicted octanol–water partition coefficient (Wildman–Crippen LogP) is 4.87. The molecule has 0 fully saturated rings. The zero-order valence-electron chi connectivity index (χ0n) is 12.5. The van der Waals surface area contributed by atoms with E-state index in [0.29, 0.717) is 5.92 Å². The van der Waals surface area contributed by atoms with Crippen LogP contribution in [0.3, 0.4) is 0 Å². The number of aldehydes is 1. The third kappa shape index (κ3) is 3.92. The molecule has 1 atom stereocenters. The van der Waals surface area contributed by atoms with Crippen molar-refractivity contribution >= 4 is 38.7 Å². The number of rotatable bonds is 6. The summed E-state index contributed by atoms with van der Waals surface area (Å²) in [5.41, 5.74) is 2.14. The van der Waals surface area contributed by atoms with Crippen LogP contribution in [0, 0.1) is 0 Å². The van der Waals surface area contributed by atoms with Crippen LogP contribution in [0.2, 0.25) is 0 Å². The lowest BCUT2D eigenvalue weighted by Crippen LogP contribution is -2.16. The first-order chi connectivity index (χ1) is 10.0. The van der Waals surface area contributed by atoms with Crippen molar-refractivity contribution in [3.63, 3.8) is 0 Å². The molecule has 0 aliphatic heterocycles. The van der Waals surface area contributed by atoms with Crippen molar-refractivity contribution in [2.45, 2.75) is 32.7 Å². The van der Waals surface area contributed by atoms with Crippen molar-refractivity contribution in [1.82, 2.24) is 4.98 Å². The first kappa shape index (κ1) is 16.2. The maximum atomic E-state index is 11.2. The maximum Gasteiger partial charge on any atom is 0.186 e. The number of carbonyl (C=O) groups excluding carboxylic acids is 1. The van der Waals surface area contributed by atoms with Crippen molar-refractivity contribution in [1.29, 1.82) is 0 Å². The summed E-state index contributed by atoms with van der Waals surface area (Å²) in [6.45, 7) is 5.00. The Bertz CT molecular complexity index is 609. The number of anilines is 1. The number of carbonyl (C=O) groups is 1. The van der Waals surface area contributed by atoms with Gasteiger partial charge in [-0.15, -0.1) is 0 Å². The van der Waals surface area contributed by atoms with E-state index in [1.807, 2.05) is 19.2 Å². The highest BCUT2D eigenvalue weighted by Gasteiger charge is 2.17. The van der Waals surface area contributed by atoms with Gasteiger partial charge in [-0.25, -0.2) is 4.98 Å². The van der Waals surface area contributed by atoms with Gasteiger partial charge < -0.3 is 4.90 Å². The van der Waals surface area contributed by atoms with E-state index in [9.17, 15) is 4.79 Å². The highest BCUT2D eigenvalue weighted by atomic mass is 79.9. The number of hydrogen-bond acceptors (Lipinski definition) is 4. The van der Waals surface area contributed by atoms with Gasteiger partial charge in [-0.3, -0.25) is 4.79 Å². The van der Waals surface area contributed by atoms with Crippen LogP contribution in [0.1, 0.15) is 47.1 Å². The lowest BCUT2D eigenvalue weighted by molar-refractivity contribution is 0.112. The molecule has 0 N–H and O–H groups in total. The van der Waals surface area contributed by atoms with Crippen molar-refractivity contribution in [2.24, 2.45) is 0 Å². The molecule has 2 aromatic rings. The first-order valence-electron chi connectivity index (χ1n) is 6.96. The molecule has 0 amide bonds. The molecule has 5 heteroatoms. The van der Waals surface area contributed by atoms with E-state index < -0.39 is 0 Å². The third-order valence-corrected chi connectivity index (χ3v) is 5.16. The Labute approximate surface area is 138 Å². The van der Waals surface area contributed by atoms with Crippen molar-refractivity contribution in [3.8, 4) is 0 Å². The minimum Gasteiger partial charge on any atom is -0.347 e. The summed E-state index contributed by atoms with van der Waals surface area (Å²) in [5.74, 6) is 0.316. The van der Waals surface area contributed by atoms with E-state index in [1.165, 1.54) is 16.9 Å². The number of hydrogen-bond donors (Lipinski definition) is 0. The van der Waals surface area contributed by atoms with Gasteiger partial charge in [0, 0.05) is 18.1 Å². The highest BCUT2D eigenvalue weighted by molar-refractivity contribution is 9.10. The molecule has 0 radical (unpaired) electrons. The zero-order chi connectivity index (χ0) is 15.4. The van der Waals surface area contributed by atoms with Crippen LogP contribution < -0.4 is 4.90 Å². The Hall–Kier alpha value is -1.20. The van der Waals surface area contributed by atoms with E-state index in [1.54, 1.807) is 0 Å². The monoisotopic (exact) mass is 366 g/mol. The molecule has 0 bridgehead atoms. The number of benzene rings is 1. The lowest BCUT2D eigenvalue weighted by Gasteiger charge is -2.15. The number of thiazole rings is 1. The van der Waals surface area contributed by atoms with Crippen LogP contribution >= 0.6 is 27.3 Å². The second kappa shape index (κ2) is 7.18. The summed E-state index contributed by atoms with van der Waals surface area (Å²) < 4.78 is 1.07. The van der Waals surface area contributed by atoms with E-state index >= 15 is 0 Å². The molecular formula is C16H19BrN2OS. The van der Waals surface area contributed by atoms with Crippen LogP contribution in [0.15, 0.2) is 28.7 Å². The van der Waals surface area contributed by atoms with E-state index in [4.69, 9.17) is 0 Å². The van der Waals surface area contributed by atoms with Gasteiger partial charge in [0.25, 0.3) is 0 Å². The average Bonchev–Trinajstić information content (AvgIpc) is 2.93. The Morgan fingerprint density at radius 3 is 2.62 bits per heavy atom. The molecule has 1 aromatic heterocycles. The van der Waals surface area contributed by atoms with Gasteiger partial charge in [-0.1, -0.05) is 53.2 Å². The highest BCUT2D eigenvalue weighted by Crippen LogP contribution is 2.31. The Morgan fingerprint density at radius 1 is 1.38 bits per heavy atom. The fraction of sp³-hybridized carbons (Fsp3) is 0.375. The quantitative estimate of drug-likeness (QED) is 0.683. The molecule has 3 nitrogen and oxygen atoms in total. The minimum atomic E-state index is 0.316. The van der Waals surface area contributed by atoms with E-state index in [-0.39, 0.29) is 0 Å². The van der Waals surface area contributed by atoms with Crippen molar-refractivity contribution in [2.75, 3.05) is 11.9 Å². The number of nitrogens with zero attached hydrogens (tertiary/aromatic N) is 2. The Kier molecular flexibility index (Phi) is 5.53. The first-order valence-corrected chi connectivity index (χ1v) is 8.57. The smallest absolute Gasteiger partial charge is 0.186 e. The van der Waals surface area contributed by atoms with Crippen LogP contribution in [0.5, 0.6) is 0 Å². The van der Waals surface area contributed by atoms with Crippen molar-refractivity contribution in [3.05, 3.63) is 44.9 Å². The molecule has 0 aliphatic rings. The summed E-state index contributed by atoms with van der Waals surface area (Å²) in [4.78, 5) is 18.7. The predicted molar refractivity (Wildman–Crippen MR) is 92.5 cm³/mol. The molecule has 21 heavy (non-hydrogen) atoms. The topological polar surface area (TPSA) is 33.2 Å². The van der Waals surface area contributed by atoms with Gasteiger partial charge in [0.15, 0.2) is 11.4 Å². The zero-order valence-corrected chi connectivity index (χ0v) is 14.9. The maximum absolute atomic E-state index is 11.2. The standard InChI is InChI=1S/C16H19BrN2OS/c1-4-11(2)15-14(10-20)21-16(18-15)19(3)9-12-5-7-13(17)8-6-12/h5-8,10-11H,4,9H2,1-3H3.